The van der Waals surface area contributed by atoms with E-state index in [4.69, 9.17) is 12.2 Å². The molecule has 0 aliphatic carbocycles. The first-order valence-corrected chi connectivity index (χ1v) is 6.45. The molecule has 0 unspecified atom stereocenters. The normalized spacial score (nSPS) is 14.2. The Morgan fingerprint density at radius 3 is 2.55 bits per heavy atom. The standard InChI is InChI=1S/C13H10F3N3S/c14-8-3-6(4-9(15)11(8)16)12-18-10-1-2-17-5-7(10)13(20)19-12/h3-4,17H,1-2,5H2,(H,18,19,20). The van der Waals surface area contributed by atoms with E-state index in [2.05, 4.69) is 15.3 Å². The van der Waals surface area contributed by atoms with Gasteiger partial charge in [-0.25, -0.2) is 18.2 Å². The Labute approximate surface area is 117 Å². The van der Waals surface area contributed by atoms with E-state index in [1.54, 1.807) is 0 Å². The third-order valence-electron chi connectivity index (χ3n) is 3.22. The van der Waals surface area contributed by atoms with Gasteiger partial charge in [-0.05, 0) is 12.1 Å². The van der Waals surface area contributed by atoms with E-state index in [1.807, 2.05) is 0 Å². The number of hydrogen-bond donors (Lipinski definition) is 2. The molecule has 1 aliphatic heterocycles. The predicted octanol–water partition coefficient (Wildman–Crippen LogP) is 2.87. The van der Waals surface area contributed by atoms with Crippen LogP contribution in [0.4, 0.5) is 13.2 Å². The Bertz CT molecular complexity index is 719. The summed E-state index contributed by atoms with van der Waals surface area (Å²) in [5.41, 5.74) is 1.91. The largest absolute Gasteiger partial charge is 0.343 e. The number of halogens is 3. The lowest BCUT2D eigenvalue weighted by Crippen LogP contribution is -2.25. The molecule has 0 saturated heterocycles. The van der Waals surface area contributed by atoms with Gasteiger partial charge >= 0.3 is 0 Å². The highest BCUT2D eigenvalue weighted by Gasteiger charge is 2.16. The lowest BCUT2D eigenvalue weighted by atomic mass is 10.1. The van der Waals surface area contributed by atoms with Crippen molar-refractivity contribution in [3.63, 3.8) is 0 Å². The second-order valence-corrected chi connectivity index (χ2v) is 4.92. The molecule has 2 N–H and O–H groups in total. The zero-order valence-electron chi connectivity index (χ0n) is 10.3. The molecule has 3 nitrogen and oxygen atoms in total. The molecule has 0 amide bonds. The quantitative estimate of drug-likeness (QED) is 0.628. The van der Waals surface area contributed by atoms with E-state index in [-0.39, 0.29) is 11.4 Å². The van der Waals surface area contributed by atoms with E-state index in [0.717, 1.165) is 36.4 Å². The molecule has 0 spiro atoms. The fraction of sp³-hybridized carbons (Fsp3) is 0.231. The average Bonchev–Trinajstić information content (AvgIpc) is 2.44. The summed E-state index contributed by atoms with van der Waals surface area (Å²) in [6.07, 6.45) is 0.723. The Morgan fingerprint density at radius 1 is 1.15 bits per heavy atom. The van der Waals surface area contributed by atoms with Gasteiger partial charge < -0.3 is 10.3 Å². The molecule has 1 aromatic heterocycles. The second kappa shape index (κ2) is 4.99. The van der Waals surface area contributed by atoms with Crippen molar-refractivity contribution in [2.75, 3.05) is 6.54 Å². The number of H-pyrrole nitrogens is 1. The molecule has 20 heavy (non-hydrogen) atoms. The van der Waals surface area contributed by atoms with Crippen LogP contribution in [0.5, 0.6) is 0 Å². The zero-order valence-corrected chi connectivity index (χ0v) is 11.1. The fourth-order valence-corrected chi connectivity index (χ4v) is 2.48. The van der Waals surface area contributed by atoms with E-state index < -0.39 is 17.5 Å². The van der Waals surface area contributed by atoms with E-state index >= 15 is 0 Å². The average molecular weight is 297 g/mol. The van der Waals surface area contributed by atoms with Crippen LogP contribution in [0.1, 0.15) is 11.3 Å². The van der Waals surface area contributed by atoms with E-state index in [9.17, 15) is 13.2 Å². The summed E-state index contributed by atoms with van der Waals surface area (Å²) in [7, 11) is 0. The predicted molar refractivity (Wildman–Crippen MR) is 70.1 cm³/mol. The third kappa shape index (κ3) is 2.23. The maximum Gasteiger partial charge on any atom is 0.194 e. The molecule has 3 rings (SSSR count). The minimum absolute atomic E-state index is 0.133. The summed E-state index contributed by atoms with van der Waals surface area (Å²) < 4.78 is 39.9. The maximum atomic E-state index is 13.3. The van der Waals surface area contributed by atoms with E-state index in [0.29, 0.717) is 11.2 Å². The van der Waals surface area contributed by atoms with Crippen molar-refractivity contribution >= 4 is 12.2 Å². The number of rotatable bonds is 1. The number of hydrogen-bond acceptors (Lipinski definition) is 3. The van der Waals surface area contributed by atoms with Crippen LogP contribution in [0.15, 0.2) is 12.1 Å². The first kappa shape index (κ1) is 13.3. The Hall–Kier alpha value is -1.73. The topological polar surface area (TPSA) is 40.7 Å². The number of fused-ring (bicyclic) bond motifs is 1. The number of nitrogens with one attached hydrogen (secondary N) is 2. The third-order valence-corrected chi connectivity index (χ3v) is 3.55. The van der Waals surface area contributed by atoms with Gasteiger partial charge in [0.2, 0.25) is 0 Å². The number of aromatic nitrogens is 2. The van der Waals surface area contributed by atoms with Crippen LogP contribution in [-0.4, -0.2) is 16.5 Å². The van der Waals surface area contributed by atoms with Gasteiger partial charge in [-0.15, -0.1) is 0 Å². The molecule has 2 heterocycles. The molecule has 0 saturated carbocycles. The molecule has 0 atom stereocenters. The SMILES string of the molecule is Fc1cc(-c2nc(=S)c3c([nH]2)CCNC3)cc(F)c1F. The second-order valence-electron chi connectivity index (χ2n) is 4.53. The highest BCUT2D eigenvalue weighted by Crippen LogP contribution is 2.23. The summed E-state index contributed by atoms with van der Waals surface area (Å²) in [6, 6.07) is 1.80. The monoisotopic (exact) mass is 297 g/mol. The van der Waals surface area contributed by atoms with Gasteiger partial charge in [0.25, 0.3) is 0 Å². The molecule has 0 bridgehead atoms. The first-order chi connectivity index (χ1) is 9.56. The lowest BCUT2D eigenvalue weighted by molar-refractivity contribution is 0.447. The van der Waals surface area contributed by atoms with Gasteiger partial charge in [0.15, 0.2) is 17.5 Å². The van der Waals surface area contributed by atoms with Gasteiger partial charge in [0, 0.05) is 36.3 Å². The first-order valence-electron chi connectivity index (χ1n) is 6.04. The van der Waals surface area contributed by atoms with Crippen molar-refractivity contribution in [2.24, 2.45) is 0 Å². The van der Waals surface area contributed by atoms with Crippen LogP contribution in [-0.2, 0) is 13.0 Å². The van der Waals surface area contributed by atoms with E-state index in [1.165, 1.54) is 0 Å². The van der Waals surface area contributed by atoms with Crippen LogP contribution < -0.4 is 5.32 Å². The van der Waals surface area contributed by atoms with Crippen molar-refractivity contribution in [3.8, 4) is 11.4 Å². The fourth-order valence-electron chi connectivity index (χ4n) is 2.20. The van der Waals surface area contributed by atoms with Gasteiger partial charge in [0.1, 0.15) is 10.5 Å². The minimum Gasteiger partial charge on any atom is -0.343 e. The Morgan fingerprint density at radius 2 is 1.85 bits per heavy atom. The van der Waals surface area contributed by atoms with Crippen LogP contribution in [0.25, 0.3) is 11.4 Å². The Kier molecular flexibility index (Phi) is 3.31. The van der Waals surface area contributed by atoms with Crippen molar-refractivity contribution in [2.45, 2.75) is 13.0 Å². The van der Waals surface area contributed by atoms with Crippen molar-refractivity contribution < 1.29 is 13.2 Å². The maximum absolute atomic E-state index is 13.3. The van der Waals surface area contributed by atoms with Gasteiger partial charge in [-0.3, -0.25) is 0 Å². The van der Waals surface area contributed by atoms with Crippen molar-refractivity contribution in [3.05, 3.63) is 45.5 Å². The number of nitrogens with zero attached hydrogens (tertiary/aromatic N) is 1. The van der Waals surface area contributed by atoms with Crippen molar-refractivity contribution in [1.82, 2.24) is 15.3 Å². The van der Waals surface area contributed by atoms with Crippen LogP contribution in [0.3, 0.4) is 0 Å². The molecule has 104 valence electrons. The molecular formula is C13H10F3N3S. The van der Waals surface area contributed by atoms with Crippen LogP contribution in [0.2, 0.25) is 0 Å². The molecule has 1 aliphatic rings. The molecule has 0 fully saturated rings. The molecule has 2 aromatic rings. The van der Waals surface area contributed by atoms with Gasteiger partial charge in [-0.2, -0.15) is 0 Å². The van der Waals surface area contributed by atoms with Gasteiger partial charge in [0.05, 0.1) is 0 Å². The lowest BCUT2D eigenvalue weighted by Gasteiger charge is -2.17. The van der Waals surface area contributed by atoms with Crippen molar-refractivity contribution in [1.29, 1.82) is 0 Å². The highest BCUT2D eigenvalue weighted by atomic mass is 32.1. The molecule has 0 radical (unpaired) electrons. The molecular weight excluding hydrogens is 287 g/mol. The summed E-state index contributed by atoms with van der Waals surface area (Å²) >= 11 is 5.19. The molecule has 1 aromatic carbocycles. The molecule has 7 heteroatoms. The summed E-state index contributed by atoms with van der Waals surface area (Å²) in [6.45, 7) is 1.40. The zero-order chi connectivity index (χ0) is 14.3. The van der Waals surface area contributed by atoms with Gasteiger partial charge in [-0.1, -0.05) is 12.2 Å². The highest BCUT2D eigenvalue weighted by molar-refractivity contribution is 7.71. The number of benzene rings is 1. The smallest absolute Gasteiger partial charge is 0.194 e. The summed E-state index contributed by atoms with van der Waals surface area (Å²) in [4.78, 5) is 7.15. The minimum atomic E-state index is -1.49. The van der Waals surface area contributed by atoms with Crippen LogP contribution in [0, 0.1) is 22.1 Å². The van der Waals surface area contributed by atoms with Crippen LogP contribution >= 0.6 is 12.2 Å². The Balaban J connectivity index is 2.16. The summed E-state index contributed by atoms with van der Waals surface area (Å²) in [5.74, 6) is -3.75. The number of aromatic amines is 1. The summed E-state index contributed by atoms with van der Waals surface area (Å²) in [5, 5.41) is 3.17.